The first-order valence-electron chi connectivity index (χ1n) is 6.94. The molecular formula is C14H20FNO4S. The van der Waals surface area contributed by atoms with E-state index in [1.807, 2.05) is 0 Å². The van der Waals surface area contributed by atoms with E-state index in [2.05, 4.69) is 0 Å². The summed E-state index contributed by atoms with van der Waals surface area (Å²) >= 11 is 0. The van der Waals surface area contributed by atoms with Gasteiger partial charge in [0.05, 0.1) is 19.3 Å². The lowest BCUT2D eigenvalue weighted by Crippen LogP contribution is -2.41. The van der Waals surface area contributed by atoms with Crippen molar-refractivity contribution in [3.05, 3.63) is 29.6 Å². The lowest BCUT2D eigenvalue weighted by molar-refractivity contribution is 0.00317. The minimum atomic E-state index is -3.81. The molecule has 0 saturated carbocycles. The molecule has 0 aliphatic carbocycles. The van der Waals surface area contributed by atoms with Gasteiger partial charge in [-0.05, 0) is 37.5 Å². The van der Waals surface area contributed by atoms with Crippen molar-refractivity contribution in [3.8, 4) is 0 Å². The van der Waals surface area contributed by atoms with Gasteiger partial charge in [0.15, 0.2) is 0 Å². The molecule has 1 heterocycles. The van der Waals surface area contributed by atoms with Gasteiger partial charge in [0, 0.05) is 13.1 Å². The number of rotatable bonds is 5. The Balaban J connectivity index is 2.10. The predicted octanol–water partition coefficient (Wildman–Crippen LogP) is 1.30. The second kappa shape index (κ2) is 6.83. The van der Waals surface area contributed by atoms with Crippen LogP contribution in [0.25, 0.3) is 0 Å². The number of benzene rings is 1. The quantitative estimate of drug-likeness (QED) is 0.889. The molecule has 21 heavy (non-hydrogen) atoms. The number of ether oxygens (including phenoxy) is 1. The van der Waals surface area contributed by atoms with Crippen LogP contribution in [0, 0.1) is 12.7 Å². The van der Waals surface area contributed by atoms with Gasteiger partial charge in [-0.3, -0.25) is 0 Å². The van der Waals surface area contributed by atoms with Crippen LogP contribution in [0.3, 0.4) is 0 Å². The Morgan fingerprint density at radius 3 is 2.67 bits per heavy atom. The van der Waals surface area contributed by atoms with Crippen LogP contribution >= 0.6 is 0 Å². The maximum atomic E-state index is 13.8. The topological polar surface area (TPSA) is 66.8 Å². The van der Waals surface area contributed by atoms with Crippen molar-refractivity contribution in [1.82, 2.24) is 4.31 Å². The summed E-state index contributed by atoms with van der Waals surface area (Å²) in [5.41, 5.74) is 0.705. The SMILES string of the molecule is Cc1ccc(F)c(S(=O)(=O)N2CCC(OCCO)CC2)c1. The Kier molecular flexibility index (Phi) is 5.32. The number of hydrogen-bond acceptors (Lipinski definition) is 4. The summed E-state index contributed by atoms with van der Waals surface area (Å²) in [5, 5.41) is 8.71. The van der Waals surface area contributed by atoms with E-state index < -0.39 is 15.8 Å². The number of hydrogen-bond donors (Lipinski definition) is 1. The van der Waals surface area contributed by atoms with E-state index in [4.69, 9.17) is 9.84 Å². The van der Waals surface area contributed by atoms with Crippen molar-refractivity contribution in [2.75, 3.05) is 26.3 Å². The summed E-state index contributed by atoms with van der Waals surface area (Å²) in [4.78, 5) is -0.266. The van der Waals surface area contributed by atoms with E-state index in [0.29, 0.717) is 31.5 Å². The molecule has 0 spiro atoms. The highest BCUT2D eigenvalue weighted by Crippen LogP contribution is 2.24. The van der Waals surface area contributed by atoms with E-state index in [1.165, 1.54) is 16.4 Å². The lowest BCUT2D eigenvalue weighted by Gasteiger charge is -2.31. The molecule has 0 amide bonds. The molecule has 1 aromatic carbocycles. The first kappa shape index (κ1) is 16.4. The summed E-state index contributed by atoms with van der Waals surface area (Å²) in [6.07, 6.45) is 1.05. The Morgan fingerprint density at radius 1 is 1.38 bits per heavy atom. The largest absolute Gasteiger partial charge is 0.394 e. The van der Waals surface area contributed by atoms with Crippen molar-refractivity contribution in [1.29, 1.82) is 0 Å². The highest BCUT2D eigenvalue weighted by molar-refractivity contribution is 7.89. The number of halogens is 1. The molecule has 0 radical (unpaired) electrons. The normalized spacial score (nSPS) is 18.0. The summed E-state index contributed by atoms with van der Waals surface area (Å²) < 4.78 is 45.5. The fourth-order valence-corrected chi connectivity index (χ4v) is 4.02. The maximum Gasteiger partial charge on any atom is 0.245 e. The van der Waals surface area contributed by atoms with Crippen LogP contribution in [0.4, 0.5) is 4.39 Å². The molecule has 118 valence electrons. The van der Waals surface area contributed by atoms with Crippen LogP contribution in [0.15, 0.2) is 23.1 Å². The molecule has 7 heteroatoms. The van der Waals surface area contributed by atoms with Gasteiger partial charge >= 0.3 is 0 Å². The van der Waals surface area contributed by atoms with Crippen LogP contribution in [-0.4, -0.2) is 50.2 Å². The second-order valence-corrected chi connectivity index (χ2v) is 7.04. The fourth-order valence-electron chi connectivity index (χ4n) is 2.41. The molecule has 1 saturated heterocycles. The van der Waals surface area contributed by atoms with Gasteiger partial charge in [-0.25, -0.2) is 12.8 Å². The molecular weight excluding hydrogens is 297 g/mol. The van der Waals surface area contributed by atoms with Gasteiger partial charge < -0.3 is 9.84 Å². The van der Waals surface area contributed by atoms with Gasteiger partial charge in [0.2, 0.25) is 10.0 Å². The third-order valence-corrected chi connectivity index (χ3v) is 5.46. The van der Waals surface area contributed by atoms with Gasteiger partial charge in [-0.15, -0.1) is 0 Å². The van der Waals surface area contributed by atoms with Gasteiger partial charge in [0.25, 0.3) is 0 Å². The first-order chi connectivity index (χ1) is 9.95. The summed E-state index contributed by atoms with van der Waals surface area (Å²) in [7, 11) is -3.81. The lowest BCUT2D eigenvalue weighted by atomic mass is 10.1. The van der Waals surface area contributed by atoms with Crippen molar-refractivity contribution in [3.63, 3.8) is 0 Å². The Bertz CT molecular complexity index is 583. The van der Waals surface area contributed by atoms with Crippen LogP contribution in [-0.2, 0) is 14.8 Å². The van der Waals surface area contributed by atoms with Crippen molar-refractivity contribution >= 4 is 10.0 Å². The maximum absolute atomic E-state index is 13.8. The molecule has 2 rings (SSSR count). The van der Waals surface area contributed by atoms with Crippen molar-refractivity contribution in [2.45, 2.75) is 30.8 Å². The van der Waals surface area contributed by atoms with Crippen LogP contribution in [0.5, 0.6) is 0 Å². The molecule has 5 nitrogen and oxygen atoms in total. The average molecular weight is 317 g/mol. The number of nitrogens with zero attached hydrogens (tertiary/aromatic N) is 1. The number of aliphatic hydroxyl groups excluding tert-OH is 1. The Hall–Kier alpha value is -1.02. The zero-order chi connectivity index (χ0) is 15.5. The van der Waals surface area contributed by atoms with E-state index in [-0.39, 0.29) is 24.2 Å². The van der Waals surface area contributed by atoms with Crippen molar-refractivity contribution < 1.29 is 22.7 Å². The molecule has 1 aliphatic heterocycles. The fraction of sp³-hybridized carbons (Fsp3) is 0.571. The minimum Gasteiger partial charge on any atom is -0.394 e. The van der Waals surface area contributed by atoms with E-state index in [0.717, 1.165) is 0 Å². The second-order valence-electron chi connectivity index (χ2n) is 5.13. The van der Waals surface area contributed by atoms with E-state index in [9.17, 15) is 12.8 Å². The summed E-state index contributed by atoms with van der Waals surface area (Å²) in [5.74, 6) is -0.723. The molecule has 1 N–H and O–H groups in total. The van der Waals surface area contributed by atoms with Crippen LogP contribution < -0.4 is 0 Å². The van der Waals surface area contributed by atoms with E-state index in [1.54, 1.807) is 13.0 Å². The number of aliphatic hydroxyl groups is 1. The molecule has 0 bridgehead atoms. The average Bonchev–Trinajstić information content (AvgIpc) is 2.48. The first-order valence-corrected chi connectivity index (χ1v) is 8.38. The number of sulfonamides is 1. The molecule has 1 aliphatic rings. The third kappa shape index (κ3) is 3.79. The van der Waals surface area contributed by atoms with Gasteiger partial charge in [-0.2, -0.15) is 4.31 Å². The van der Waals surface area contributed by atoms with Crippen molar-refractivity contribution in [2.24, 2.45) is 0 Å². The smallest absolute Gasteiger partial charge is 0.245 e. The van der Waals surface area contributed by atoms with Gasteiger partial charge in [-0.1, -0.05) is 6.07 Å². The standard InChI is InChI=1S/C14H20FNO4S/c1-11-2-3-13(15)14(10-11)21(18,19)16-6-4-12(5-7-16)20-9-8-17/h2-3,10,12,17H,4-9H2,1H3. The zero-order valence-electron chi connectivity index (χ0n) is 12.0. The Morgan fingerprint density at radius 2 is 2.05 bits per heavy atom. The minimum absolute atomic E-state index is 0.0486. The number of aryl methyl sites for hydroxylation is 1. The number of piperidine rings is 1. The molecule has 0 aromatic heterocycles. The highest BCUT2D eigenvalue weighted by Gasteiger charge is 2.31. The zero-order valence-corrected chi connectivity index (χ0v) is 12.8. The molecule has 1 aromatic rings. The summed E-state index contributed by atoms with van der Waals surface area (Å²) in [6, 6.07) is 4.08. The summed E-state index contributed by atoms with van der Waals surface area (Å²) in [6.45, 7) is 2.53. The van der Waals surface area contributed by atoms with Crippen LogP contribution in [0.2, 0.25) is 0 Å². The Labute approximate surface area is 124 Å². The predicted molar refractivity (Wildman–Crippen MR) is 76.0 cm³/mol. The van der Waals surface area contributed by atoms with E-state index >= 15 is 0 Å². The molecule has 0 atom stereocenters. The van der Waals surface area contributed by atoms with Crippen LogP contribution in [0.1, 0.15) is 18.4 Å². The third-order valence-electron chi connectivity index (χ3n) is 3.55. The van der Waals surface area contributed by atoms with Gasteiger partial charge in [0.1, 0.15) is 10.7 Å². The highest BCUT2D eigenvalue weighted by atomic mass is 32.2. The molecule has 1 fully saturated rings. The monoisotopic (exact) mass is 317 g/mol. The molecule has 0 unspecified atom stereocenters.